The number of benzene rings is 1. The highest BCUT2D eigenvalue weighted by Gasteiger charge is 2.38. The van der Waals surface area contributed by atoms with Crippen LogP contribution in [0.1, 0.15) is 5.56 Å². The third kappa shape index (κ3) is 3.35. The number of sulfonamides is 1. The second-order valence-corrected chi connectivity index (χ2v) is 9.31. The fourth-order valence-electron chi connectivity index (χ4n) is 3.82. The van der Waals surface area contributed by atoms with E-state index in [0.29, 0.717) is 18.7 Å². The minimum atomic E-state index is -3.63. The Kier molecular flexibility index (Phi) is 4.56. The van der Waals surface area contributed by atoms with Gasteiger partial charge in [0.15, 0.2) is 0 Å². The van der Waals surface area contributed by atoms with E-state index in [1.54, 1.807) is 47.6 Å². The number of carbonyl (C=O) groups excluding carboxylic acids is 1. The van der Waals surface area contributed by atoms with Crippen molar-refractivity contribution in [3.05, 3.63) is 71.8 Å². The number of pyridine rings is 1. The summed E-state index contributed by atoms with van der Waals surface area (Å²) in [5, 5.41) is 0.748. The molecule has 0 N–H and O–H groups in total. The minimum Gasteiger partial charge on any atom is -0.464 e. The molecule has 0 aliphatic carbocycles. The van der Waals surface area contributed by atoms with Crippen molar-refractivity contribution in [2.45, 2.75) is 11.5 Å². The molecule has 0 atom stereocenters. The number of nitrogens with zero attached hydrogens (tertiary/aromatic N) is 3. The van der Waals surface area contributed by atoms with E-state index in [4.69, 9.17) is 9.15 Å². The van der Waals surface area contributed by atoms with Gasteiger partial charge in [0, 0.05) is 49.5 Å². The van der Waals surface area contributed by atoms with Crippen LogP contribution in [0, 0.1) is 0 Å². The molecule has 4 heterocycles. The van der Waals surface area contributed by atoms with E-state index in [-0.39, 0.29) is 24.6 Å². The van der Waals surface area contributed by atoms with Crippen LogP contribution in [0.4, 0.5) is 4.79 Å². The Bertz CT molecular complexity index is 1230. The molecule has 0 unspecified atom stereocenters. The lowest BCUT2D eigenvalue weighted by Gasteiger charge is -2.22. The SMILES string of the molecule is O=C(OCc1cccnc1)N1CC2=C(C1)CN(S(=O)(=O)c1ccc3occc3c1)C2. The molecule has 0 saturated heterocycles. The molecule has 2 aliphatic rings. The summed E-state index contributed by atoms with van der Waals surface area (Å²) in [5.41, 5.74) is 3.39. The summed E-state index contributed by atoms with van der Waals surface area (Å²) in [7, 11) is -3.63. The second kappa shape index (κ2) is 7.26. The van der Waals surface area contributed by atoms with Crippen LogP contribution in [0.3, 0.4) is 0 Å². The average Bonchev–Trinajstić information content (AvgIpc) is 3.46. The minimum absolute atomic E-state index is 0.158. The van der Waals surface area contributed by atoms with Gasteiger partial charge in [-0.2, -0.15) is 4.31 Å². The first kappa shape index (κ1) is 18.8. The van der Waals surface area contributed by atoms with Crippen molar-refractivity contribution in [1.29, 1.82) is 0 Å². The lowest BCUT2D eigenvalue weighted by Crippen LogP contribution is -2.36. The summed E-state index contributed by atoms with van der Waals surface area (Å²) in [4.78, 5) is 18.2. The first-order chi connectivity index (χ1) is 14.5. The number of ether oxygens (including phenoxy) is 1. The summed E-state index contributed by atoms with van der Waals surface area (Å²) in [6.45, 7) is 1.49. The van der Waals surface area contributed by atoms with Crippen LogP contribution in [0.5, 0.6) is 0 Å². The highest BCUT2D eigenvalue weighted by atomic mass is 32.2. The van der Waals surface area contributed by atoms with Gasteiger partial charge >= 0.3 is 6.09 Å². The molecule has 2 aromatic heterocycles. The van der Waals surface area contributed by atoms with Crippen LogP contribution >= 0.6 is 0 Å². The van der Waals surface area contributed by atoms with Crippen LogP contribution in [-0.4, -0.2) is 54.9 Å². The van der Waals surface area contributed by atoms with Crippen LogP contribution in [0.15, 0.2) is 75.5 Å². The zero-order valence-corrected chi connectivity index (χ0v) is 16.8. The molecule has 1 aromatic carbocycles. The molecular weight excluding hydrogens is 406 g/mol. The maximum Gasteiger partial charge on any atom is 0.410 e. The van der Waals surface area contributed by atoms with E-state index in [1.165, 1.54) is 10.6 Å². The molecule has 0 bridgehead atoms. The predicted molar refractivity (Wildman–Crippen MR) is 108 cm³/mol. The zero-order valence-electron chi connectivity index (χ0n) is 16.0. The number of rotatable bonds is 4. The van der Waals surface area contributed by atoms with Gasteiger partial charge in [-0.3, -0.25) is 4.98 Å². The first-order valence-electron chi connectivity index (χ1n) is 9.48. The molecule has 8 nitrogen and oxygen atoms in total. The van der Waals surface area contributed by atoms with Crippen molar-refractivity contribution in [3.63, 3.8) is 0 Å². The maximum absolute atomic E-state index is 13.1. The number of amides is 1. The van der Waals surface area contributed by atoms with Crippen LogP contribution < -0.4 is 0 Å². The number of carbonyl (C=O) groups is 1. The van der Waals surface area contributed by atoms with Gasteiger partial charge in [0.1, 0.15) is 12.2 Å². The molecule has 2 aliphatic heterocycles. The van der Waals surface area contributed by atoms with Crippen molar-refractivity contribution in [2.75, 3.05) is 26.2 Å². The van der Waals surface area contributed by atoms with Gasteiger partial charge in [-0.15, -0.1) is 0 Å². The van der Waals surface area contributed by atoms with Gasteiger partial charge in [-0.1, -0.05) is 6.07 Å². The number of furan rings is 1. The molecular formula is C21H19N3O5S. The van der Waals surface area contributed by atoms with E-state index in [1.807, 2.05) is 6.07 Å². The molecule has 1 amide bonds. The van der Waals surface area contributed by atoms with Crippen molar-refractivity contribution in [1.82, 2.24) is 14.2 Å². The summed E-state index contributed by atoms with van der Waals surface area (Å²) in [6, 6.07) is 10.2. The lowest BCUT2D eigenvalue weighted by atomic mass is 10.2. The van der Waals surface area contributed by atoms with Crippen molar-refractivity contribution < 1.29 is 22.4 Å². The lowest BCUT2D eigenvalue weighted by molar-refractivity contribution is 0.104. The third-order valence-corrected chi connectivity index (χ3v) is 7.19. The highest BCUT2D eigenvalue weighted by molar-refractivity contribution is 7.89. The van der Waals surface area contributed by atoms with Gasteiger partial charge in [0.05, 0.1) is 11.2 Å². The van der Waals surface area contributed by atoms with E-state index in [2.05, 4.69) is 4.98 Å². The van der Waals surface area contributed by atoms with Crippen molar-refractivity contribution in [2.24, 2.45) is 0 Å². The van der Waals surface area contributed by atoms with E-state index in [9.17, 15) is 13.2 Å². The molecule has 30 heavy (non-hydrogen) atoms. The Labute approximate surface area is 173 Å². The van der Waals surface area contributed by atoms with E-state index >= 15 is 0 Å². The van der Waals surface area contributed by atoms with Gasteiger partial charge in [0.2, 0.25) is 10.0 Å². The summed E-state index contributed by atoms with van der Waals surface area (Å²) >= 11 is 0. The predicted octanol–water partition coefficient (Wildman–Crippen LogP) is 2.78. The Hall–Kier alpha value is -3.17. The van der Waals surface area contributed by atoms with E-state index in [0.717, 1.165) is 22.1 Å². The molecule has 5 rings (SSSR count). The van der Waals surface area contributed by atoms with Gasteiger partial charge < -0.3 is 14.1 Å². The van der Waals surface area contributed by atoms with Gasteiger partial charge in [0.25, 0.3) is 0 Å². The Morgan fingerprint density at radius 2 is 1.90 bits per heavy atom. The normalized spacial score (nSPS) is 17.0. The van der Waals surface area contributed by atoms with Gasteiger partial charge in [-0.25, -0.2) is 13.2 Å². The second-order valence-electron chi connectivity index (χ2n) is 7.37. The monoisotopic (exact) mass is 425 g/mol. The first-order valence-corrected chi connectivity index (χ1v) is 10.9. The Morgan fingerprint density at radius 3 is 2.63 bits per heavy atom. The maximum atomic E-state index is 13.1. The topological polar surface area (TPSA) is 93.0 Å². The molecule has 3 aromatic rings. The van der Waals surface area contributed by atoms with Crippen LogP contribution in [-0.2, 0) is 21.4 Å². The van der Waals surface area contributed by atoms with E-state index < -0.39 is 16.1 Å². The zero-order chi connectivity index (χ0) is 20.7. The summed E-state index contributed by atoms with van der Waals surface area (Å²) in [6.07, 6.45) is 4.44. The van der Waals surface area contributed by atoms with Gasteiger partial charge in [-0.05, 0) is 41.5 Å². The molecule has 9 heteroatoms. The molecule has 0 spiro atoms. The molecule has 0 radical (unpaired) electrons. The number of aromatic nitrogens is 1. The van der Waals surface area contributed by atoms with Crippen LogP contribution in [0.25, 0.3) is 11.0 Å². The molecule has 0 fully saturated rings. The smallest absolute Gasteiger partial charge is 0.410 e. The fourth-order valence-corrected chi connectivity index (χ4v) is 5.28. The quantitative estimate of drug-likeness (QED) is 0.597. The Morgan fingerprint density at radius 1 is 1.10 bits per heavy atom. The largest absolute Gasteiger partial charge is 0.464 e. The average molecular weight is 425 g/mol. The number of fused-ring (bicyclic) bond motifs is 1. The number of hydrogen-bond acceptors (Lipinski definition) is 6. The van der Waals surface area contributed by atoms with Crippen molar-refractivity contribution >= 4 is 27.1 Å². The summed E-state index contributed by atoms with van der Waals surface area (Å²) < 4.78 is 38.2. The molecule has 154 valence electrons. The highest BCUT2D eigenvalue weighted by Crippen LogP contribution is 2.31. The molecule has 0 saturated carbocycles. The standard InChI is InChI=1S/C21H19N3O5S/c25-21(29-14-15-2-1-6-22-9-15)23-10-17-12-24(13-18(17)11-23)30(26,27)19-3-4-20-16(8-19)5-7-28-20/h1-9H,10-14H2. The fraction of sp³-hybridized carbons (Fsp3) is 0.238. The summed E-state index contributed by atoms with van der Waals surface area (Å²) in [5.74, 6) is 0. The number of hydrogen-bond donors (Lipinski definition) is 0. The van der Waals surface area contributed by atoms with Crippen LogP contribution in [0.2, 0.25) is 0 Å². The Balaban J connectivity index is 1.22. The van der Waals surface area contributed by atoms with Crippen molar-refractivity contribution in [3.8, 4) is 0 Å². The third-order valence-electron chi connectivity index (χ3n) is 5.40.